The van der Waals surface area contributed by atoms with Gasteiger partial charge in [-0.05, 0) is 107 Å². The lowest BCUT2D eigenvalue weighted by atomic mass is 9.93. The molecule has 0 fully saturated rings. The van der Waals surface area contributed by atoms with Crippen LogP contribution in [0.1, 0.15) is 0 Å². The molecule has 0 N–H and O–H groups in total. The highest BCUT2D eigenvalue weighted by atomic mass is 15.1. The number of nitrogens with zero attached hydrogens (tertiary/aromatic N) is 1. The van der Waals surface area contributed by atoms with Crippen molar-refractivity contribution in [1.82, 2.24) is 0 Å². The van der Waals surface area contributed by atoms with Crippen molar-refractivity contribution in [2.45, 2.75) is 0 Å². The first-order valence-corrected chi connectivity index (χ1v) is 18.3. The van der Waals surface area contributed by atoms with Gasteiger partial charge in [-0.1, -0.05) is 176 Å². The predicted octanol–water partition coefficient (Wildman–Crippen LogP) is 14.8. The van der Waals surface area contributed by atoms with Crippen molar-refractivity contribution in [3.05, 3.63) is 212 Å². The third kappa shape index (κ3) is 5.51. The first-order chi connectivity index (χ1) is 26.3. The molecule has 248 valence electrons. The second-order valence-corrected chi connectivity index (χ2v) is 13.7. The molecule has 0 amide bonds. The maximum absolute atomic E-state index is 2.43. The summed E-state index contributed by atoms with van der Waals surface area (Å²) in [6, 6.07) is 77.3. The number of hydrogen-bond acceptors (Lipinski definition) is 1. The Morgan fingerprint density at radius 2 is 0.792 bits per heavy atom. The number of benzene rings is 10. The molecule has 0 unspecified atom stereocenters. The number of fused-ring (bicyclic) bond motifs is 5. The Balaban J connectivity index is 1.14. The second kappa shape index (κ2) is 13.0. The van der Waals surface area contributed by atoms with Crippen LogP contribution in [0.25, 0.3) is 76.5 Å². The summed E-state index contributed by atoms with van der Waals surface area (Å²) in [6.45, 7) is 0. The number of rotatable bonds is 6. The van der Waals surface area contributed by atoms with Gasteiger partial charge >= 0.3 is 0 Å². The molecule has 10 rings (SSSR count). The van der Waals surface area contributed by atoms with Crippen molar-refractivity contribution in [2.24, 2.45) is 0 Å². The van der Waals surface area contributed by atoms with Crippen molar-refractivity contribution in [2.75, 3.05) is 4.90 Å². The van der Waals surface area contributed by atoms with Gasteiger partial charge in [-0.15, -0.1) is 0 Å². The van der Waals surface area contributed by atoms with Crippen LogP contribution in [0.15, 0.2) is 212 Å². The molecule has 0 aliphatic heterocycles. The summed E-state index contributed by atoms with van der Waals surface area (Å²) in [5.74, 6) is 0. The van der Waals surface area contributed by atoms with E-state index in [1.165, 1.54) is 76.5 Å². The third-order valence-electron chi connectivity index (χ3n) is 10.6. The van der Waals surface area contributed by atoms with Crippen molar-refractivity contribution in [1.29, 1.82) is 0 Å². The molecule has 0 aromatic heterocycles. The molecule has 0 spiro atoms. The van der Waals surface area contributed by atoms with Crippen LogP contribution in [0.3, 0.4) is 0 Å². The van der Waals surface area contributed by atoms with E-state index < -0.39 is 0 Å². The minimum atomic E-state index is 1.10. The Hall–Kier alpha value is -6.96. The molecule has 1 nitrogen and oxygen atoms in total. The molecule has 0 atom stereocenters. The Morgan fingerprint density at radius 1 is 0.245 bits per heavy atom. The van der Waals surface area contributed by atoms with Crippen LogP contribution >= 0.6 is 0 Å². The van der Waals surface area contributed by atoms with Crippen molar-refractivity contribution in [3.63, 3.8) is 0 Å². The van der Waals surface area contributed by atoms with E-state index in [1.54, 1.807) is 0 Å². The summed E-state index contributed by atoms with van der Waals surface area (Å²) in [4.78, 5) is 2.43. The number of hydrogen-bond donors (Lipinski definition) is 0. The van der Waals surface area contributed by atoms with Gasteiger partial charge in [-0.25, -0.2) is 0 Å². The summed E-state index contributed by atoms with van der Waals surface area (Å²) in [5.41, 5.74) is 10.6. The van der Waals surface area contributed by atoms with E-state index in [0.29, 0.717) is 0 Å². The maximum Gasteiger partial charge on any atom is 0.0546 e. The van der Waals surface area contributed by atoms with Gasteiger partial charge in [-0.2, -0.15) is 0 Å². The van der Waals surface area contributed by atoms with E-state index in [1.807, 2.05) is 0 Å². The van der Waals surface area contributed by atoms with Crippen LogP contribution in [0, 0.1) is 0 Å². The summed E-state index contributed by atoms with van der Waals surface area (Å²) < 4.78 is 0. The van der Waals surface area contributed by atoms with Gasteiger partial charge in [0.05, 0.1) is 5.69 Å². The molecule has 10 aromatic carbocycles. The lowest BCUT2D eigenvalue weighted by Gasteiger charge is -2.28. The van der Waals surface area contributed by atoms with E-state index in [-0.39, 0.29) is 0 Å². The second-order valence-electron chi connectivity index (χ2n) is 13.7. The smallest absolute Gasteiger partial charge is 0.0546 e. The fourth-order valence-corrected chi connectivity index (χ4v) is 8.07. The Morgan fingerprint density at radius 3 is 1.60 bits per heavy atom. The van der Waals surface area contributed by atoms with Gasteiger partial charge < -0.3 is 4.90 Å². The van der Waals surface area contributed by atoms with Crippen LogP contribution in [0.5, 0.6) is 0 Å². The lowest BCUT2D eigenvalue weighted by Crippen LogP contribution is -2.11. The summed E-state index contributed by atoms with van der Waals surface area (Å²) >= 11 is 0. The quantitative estimate of drug-likeness (QED) is 0.159. The largest absolute Gasteiger partial charge is 0.310 e. The molecule has 0 saturated heterocycles. The topological polar surface area (TPSA) is 3.24 Å². The molecule has 0 saturated carbocycles. The minimum absolute atomic E-state index is 1.10. The fourth-order valence-electron chi connectivity index (χ4n) is 8.07. The Kier molecular flexibility index (Phi) is 7.55. The highest BCUT2D eigenvalue weighted by molar-refractivity contribution is 6.14. The van der Waals surface area contributed by atoms with Crippen LogP contribution in [-0.2, 0) is 0 Å². The first kappa shape index (κ1) is 30.8. The van der Waals surface area contributed by atoms with Crippen LogP contribution in [-0.4, -0.2) is 0 Å². The van der Waals surface area contributed by atoms with Gasteiger partial charge in [0.25, 0.3) is 0 Å². The number of anilines is 3. The van der Waals surface area contributed by atoms with Gasteiger partial charge in [0, 0.05) is 16.8 Å². The molecule has 0 radical (unpaired) electrons. The molecule has 10 aromatic rings. The molecule has 0 aliphatic rings. The summed E-state index contributed by atoms with van der Waals surface area (Å²) in [5, 5.41) is 9.94. The van der Waals surface area contributed by atoms with Gasteiger partial charge in [0.1, 0.15) is 0 Å². The highest BCUT2D eigenvalue weighted by Gasteiger charge is 2.19. The Labute approximate surface area is 309 Å². The third-order valence-corrected chi connectivity index (χ3v) is 10.6. The van der Waals surface area contributed by atoms with E-state index in [0.717, 1.165) is 17.1 Å². The zero-order valence-electron chi connectivity index (χ0n) is 29.2. The predicted molar refractivity (Wildman–Crippen MR) is 227 cm³/mol. The SMILES string of the molecule is c1cc(-c2cccc3ccccc23)cc(N(c2ccc(-c3ccccc3-c3ccc4ccccc4c3)cc2)c2cc3ccccc3c3ccccc23)c1. The van der Waals surface area contributed by atoms with Crippen molar-refractivity contribution < 1.29 is 0 Å². The van der Waals surface area contributed by atoms with E-state index in [2.05, 4.69) is 217 Å². The van der Waals surface area contributed by atoms with E-state index >= 15 is 0 Å². The molecular weight excluding hydrogens is 639 g/mol. The fraction of sp³-hybridized carbons (Fsp3) is 0. The normalized spacial score (nSPS) is 11.4. The monoisotopic (exact) mass is 673 g/mol. The summed E-state index contributed by atoms with van der Waals surface area (Å²) in [6.07, 6.45) is 0. The minimum Gasteiger partial charge on any atom is -0.310 e. The van der Waals surface area contributed by atoms with Crippen LogP contribution < -0.4 is 4.90 Å². The van der Waals surface area contributed by atoms with E-state index in [4.69, 9.17) is 0 Å². The first-order valence-electron chi connectivity index (χ1n) is 18.3. The van der Waals surface area contributed by atoms with Gasteiger partial charge in [0.2, 0.25) is 0 Å². The van der Waals surface area contributed by atoms with Crippen molar-refractivity contribution >= 4 is 60.2 Å². The van der Waals surface area contributed by atoms with Gasteiger partial charge in [0.15, 0.2) is 0 Å². The molecular formula is C52H35N. The van der Waals surface area contributed by atoms with Crippen LogP contribution in [0.2, 0.25) is 0 Å². The zero-order valence-corrected chi connectivity index (χ0v) is 29.2. The lowest BCUT2D eigenvalue weighted by molar-refractivity contribution is 1.30. The molecule has 0 aliphatic carbocycles. The highest BCUT2D eigenvalue weighted by Crippen LogP contribution is 2.44. The van der Waals surface area contributed by atoms with Gasteiger partial charge in [-0.3, -0.25) is 0 Å². The molecule has 1 heteroatoms. The standard InChI is InChI=1S/C52H35N/c1-2-15-39-33-42(28-27-36(39)13-1)47-22-8-7-21-46(47)38-29-31-43(32-30-38)53(52-35-41-16-4-6-23-49(41)50-24-9-10-25-51(50)52)44-19-11-18-40(34-44)48-26-12-17-37-14-3-5-20-45(37)48/h1-35H. The van der Waals surface area contributed by atoms with Crippen molar-refractivity contribution in [3.8, 4) is 33.4 Å². The average Bonchev–Trinajstić information content (AvgIpc) is 3.24. The zero-order chi connectivity index (χ0) is 35.1. The van der Waals surface area contributed by atoms with E-state index in [9.17, 15) is 0 Å². The Bertz CT molecular complexity index is 2950. The maximum atomic E-state index is 2.43. The molecule has 53 heavy (non-hydrogen) atoms. The average molecular weight is 674 g/mol. The molecule has 0 heterocycles. The molecule has 0 bridgehead atoms. The van der Waals surface area contributed by atoms with Crippen LogP contribution in [0.4, 0.5) is 17.1 Å². The summed E-state index contributed by atoms with van der Waals surface area (Å²) in [7, 11) is 0.